The van der Waals surface area contributed by atoms with Gasteiger partial charge in [0.2, 0.25) is 0 Å². The number of halogens is 3. The summed E-state index contributed by atoms with van der Waals surface area (Å²) in [4.78, 5) is 43.1. The van der Waals surface area contributed by atoms with Crippen LogP contribution in [0.2, 0.25) is 0 Å². The average molecular weight is 455 g/mol. The quantitative estimate of drug-likeness (QED) is 0.609. The van der Waals surface area contributed by atoms with E-state index in [1.165, 1.54) is 9.80 Å². The van der Waals surface area contributed by atoms with Gasteiger partial charge in [0.15, 0.2) is 0 Å². The Balaban J connectivity index is 1.86. The molecule has 2 heterocycles. The topological polar surface area (TPSA) is 70.2 Å². The lowest BCUT2D eigenvalue weighted by Crippen LogP contribution is -2.50. The van der Waals surface area contributed by atoms with Gasteiger partial charge in [-0.3, -0.25) is 4.79 Å². The number of hydrogen-bond donors (Lipinski definition) is 0. The molecule has 0 N–H and O–H groups in total. The number of alkyl halides is 3. The van der Waals surface area contributed by atoms with Crippen LogP contribution >= 0.6 is 0 Å². The average Bonchev–Trinajstić information content (AvgIpc) is 2.82. The van der Waals surface area contributed by atoms with Gasteiger partial charge in [-0.15, -0.1) is 0 Å². The highest BCUT2D eigenvalue weighted by atomic mass is 19.4. The molecule has 0 saturated carbocycles. The Morgan fingerprint density at radius 1 is 1.06 bits per heavy atom. The van der Waals surface area contributed by atoms with Crippen molar-refractivity contribution in [3.8, 4) is 0 Å². The molecular formula is C22H28F3N3O4. The van der Waals surface area contributed by atoms with Crippen LogP contribution in [0.4, 0.5) is 28.4 Å². The highest BCUT2D eigenvalue weighted by Gasteiger charge is 2.57. The number of carbonyl (C=O) groups is 3. The highest BCUT2D eigenvalue weighted by Crippen LogP contribution is 2.40. The van der Waals surface area contributed by atoms with Gasteiger partial charge in [0.25, 0.3) is 5.91 Å². The summed E-state index contributed by atoms with van der Waals surface area (Å²) in [5.74, 6) is -0.477. The van der Waals surface area contributed by atoms with Crippen molar-refractivity contribution >= 4 is 23.7 Å². The van der Waals surface area contributed by atoms with E-state index in [2.05, 4.69) is 0 Å². The molecule has 2 fully saturated rings. The predicted octanol–water partition coefficient (Wildman–Crippen LogP) is 4.65. The summed E-state index contributed by atoms with van der Waals surface area (Å²) >= 11 is 0. The Morgan fingerprint density at radius 3 is 2.22 bits per heavy atom. The minimum absolute atomic E-state index is 0.0940. The molecule has 0 aromatic heterocycles. The Morgan fingerprint density at radius 2 is 1.69 bits per heavy atom. The second-order valence-electron chi connectivity index (χ2n) is 9.06. The molecule has 1 atom stereocenters. The maximum atomic E-state index is 13.5. The number of carbonyl (C=O) groups excluding carboxylic acids is 3. The maximum Gasteiger partial charge on any atom is 0.416 e. The molecule has 2 aliphatic rings. The van der Waals surface area contributed by atoms with Crippen molar-refractivity contribution in [2.75, 3.05) is 24.5 Å². The van der Waals surface area contributed by atoms with Crippen LogP contribution in [0.3, 0.4) is 0 Å². The zero-order valence-corrected chi connectivity index (χ0v) is 18.7. The third kappa shape index (κ3) is 4.40. The molecule has 0 bridgehead atoms. The highest BCUT2D eigenvalue weighted by molar-refractivity contribution is 6.23. The van der Waals surface area contributed by atoms with E-state index in [1.54, 1.807) is 27.7 Å². The van der Waals surface area contributed by atoms with Crippen LogP contribution in [-0.2, 0) is 15.7 Å². The van der Waals surface area contributed by atoms with Crippen LogP contribution in [0.5, 0.6) is 0 Å². The lowest BCUT2D eigenvalue weighted by Gasteiger charge is -2.33. The third-order valence-corrected chi connectivity index (χ3v) is 5.77. The first-order chi connectivity index (χ1) is 14.8. The molecule has 176 valence electrons. The zero-order chi connectivity index (χ0) is 23.9. The summed E-state index contributed by atoms with van der Waals surface area (Å²) in [6, 6.07) is 3.41. The lowest BCUT2D eigenvalue weighted by molar-refractivity contribution is -0.137. The normalized spacial score (nSPS) is 22.5. The summed E-state index contributed by atoms with van der Waals surface area (Å²) in [5.41, 5.74) is -2.57. The number of ether oxygens (including phenoxy) is 1. The molecule has 0 radical (unpaired) electrons. The van der Waals surface area contributed by atoms with Crippen molar-refractivity contribution in [2.45, 2.75) is 64.3 Å². The molecule has 0 aliphatic carbocycles. The number of anilines is 1. The Kier molecular flexibility index (Phi) is 6.19. The fourth-order valence-electron chi connectivity index (χ4n) is 4.29. The molecule has 2 saturated heterocycles. The fraction of sp³-hybridized carbons (Fsp3) is 0.591. The summed E-state index contributed by atoms with van der Waals surface area (Å²) < 4.78 is 44.1. The van der Waals surface area contributed by atoms with Crippen molar-refractivity contribution in [2.24, 2.45) is 0 Å². The number of rotatable bonds is 2. The van der Waals surface area contributed by atoms with E-state index in [1.807, 2.05) is 0 Å². The van der Waals surface area contributed by atoms with Crippen molar-refractivity contribution < 1.29 is 32.3 Å². The van der Waals surface area contributed by atoms with E-state index in [0.29, 0.717) is 19.4 Å². The van der Waals surface area contributed by atoms with Gasteiger partial charge in [0.05, 0.1) is 11.3 Å². The first-order valence-corrected chi connectivity index (χ1v) is 10.6. The van der Waals surface area contributed by atoms with Crippen LogP contribution in [0.1, 0.15) is 52.5 Å². The van der Waals surface area contributed by atoms with E-state index in [4.69, 9.17) is 4.74 Å². The van der Waals surface area contributed by atoms with Crippen LogP contribution in [0, 0.1) is 0 Å². The molecule has 0 unspecified atom stereocenters. The standard InChI is InChI=1S/C22H28F3N3O4/c1-5-27-18(30)28(16-9-7-15(8-10-16)22(23,24)25)17(29)21(27)11-6-13-26(14-12-21)19(31)32-20(2,3)4/h7-10H,5-6,11-14H2,1-4H3/t21-/m1/s1. The number of nitrogens with zero attached hydrogens (tertiary/aromatic N) is 3. The van der Waals surface area contributed by atoms with Crippen molar-refractivity contribution in [3.05, 3.63) is 29.8 Å². The van der Waals surface area contributed by atoms with Gasteiger partial charge < -0.3 is 14.5 Å². The molecule has 1 aromatic rings. The first-order valence-electron chi connectivity index (χ1n) is 10.6. The van der Waals surface area contributed by atoms with Gasteiger partial charge in [0, 0.05) is 19.6 Å². The third-order valence-electron chi connectivity index (χ3n) is 5.77. The minimum Gasteiger partial charge on any atom is -0.444 e. The van der Waals surface area contributed by atoms with E-state index in [9.17, 15) is 27.6 Å². The van der Waals surface area contributed by atoms with Gasteiger partial charge in [-0.1, -0.05) is 0 Å². The number of urea groups is 1. The van der Waals surface area contributed by atoms with E-state index in [0.717, 1.165) is 29.2 Å². The SMILES string of the molecule is CCN1C(=O)N(c2ccc(C(F)(F)F)cc2)C(=O)[C@]12CCCN(C(=O)OC(C)(C)C)CC2. The van der Waals surface area contributed by atoms with Gasteiger partial charge in [-0.25, -0.2) is 14.5 Å². The largest absolute Gasteiger partial charge is 0.444 e. The van der Waals surface area contributed by atoms with E-state index < -0.39 is 40.9 Å². The smallest absolute Gasteiger partial charge is 0.416 e. The van der Waals surface area contributed by atoms with Crippen LogP contribution in [0.15, 0.2) is 24.3 Å². The monoisotopic (exact) mass is 455 g/mol. The molecule has 7 nitrogen and oxygen atoms in total. The number of likely N-dealkylation sites (tertiary alicyclic amines) is 1. The number of imide groups is 1. The number of likely N-dealkylation sites (N-methyl/N-ethyl adjacent to an activating group) is 1. The number of benzene rings is 1. The molecule has 3 rings (SSSR count). The van der Waals surface area contributed by atoms with Gasteiger partial charge in [0.1, 0.15) is 11.1 Å². The molecule has 1 spiro atoms. The Hall–Kier alpha value is -2.78. The van der Waals surface area contributed by atoms with Crippen molar-refractivity contribution in [1.82, 2.24) is 9.80 Å². The molecule has 32 heavy (non-hydrogen) atoms. The summed E-state index contributed by atoms with van der Waals surface area (Å²) in [5, 5.41) is 0. The summed E-state index contributed by atoms with van der Waals surface area (Å²) in [6.07, 6.45) is -3.94. The number of hydrogen-bond acceptors (Lipinski definition) is 4. The lowest BCUT2D eigenvalue weighted by atomic mass is 9.88. The van der Waals surface area contributed by atoms with E-state index >= 15 is 0 Å². The Bertz CT molecular complexity index is 895. The van der Waals surface area contributed by atoms with Crippen LogP contribution < -0.4 is 4.90 Å². The van der Waals surface area contributed by atoms with Gasteiger partial charge in [-0.05, 0) is 71.2 Å². The Labute approximate surface area is 185 Å². The van der Waals surface area contributed by atoms with Crippen molar-refractivity contribution in [1.29, 1.82) is 0 Å². The summed E-state index contributed by atoms with van der Waals surface area (Å²) in [7, 11) is 0. The molecule has 4 amide bonds. The molecule has 1 aromatic carbocycles. The van der Waals surface area contributed by atoms with E-state index in [-0.39, 0.29) is 25.2 Å². The zero-order valence-electron chi connectivity index (χ0n) is 18.7. The molecule has 2 aliphatic heterocycles. The van der Waals surface area contributed by atoms with Crippen LogP contribution in [-0.4, -0.2) is 58.6 Å². The first kappa shape index (κ1) is 23.9. The predicted molar refractivity (Wildman–Crippen MR) is 111 cm³/mol. The maximum absolute atomic E-state index is 13.5. The van der Waals surface area contributed by atoms with Gasteiger partial charge in [-0.2, -0.15) is 13.2 Å². The fourth-order valence-corrected chi connectivity index (χ4v) is 4.29. The van der Waals surface area contributed by atoms with Crippen molar-refractivity contribution in [3.63, 3.8) is 0 Å². The molecular weight excluding hydrogens is 427 g/mol. The van der Waals surface area contributed by atoms with Crippen LogP contribution in [0.25, 0.3) is 0 Å². The minimum atomic E-state index is -4.51. The second kappa shape index (κ2) is 8.29. The second-order valence-corrected chi connectivity index (χ2v) is 9.06. The summed E-state index contributed by atoms with van der Waals surface area (Å²) in [6.45, 7) is 7.92. The number of amides is 4. The van der Waals surface area contributed by atoms with Gasteiger partial charge >= 0.3 is 18.3 Å². The molecule has 10 heteroatoms.